The summed E-state index contributed by atoms with van der Waals surface area (Å²) < 4.78 is 15.3. The van der Waals surface area contributed by atoms with Gasteiger partial charge in [-0.25, -0.2) is 4.39 Å². The molecule has 0 unspecified atom stereocenters. The zero-order chi connectivity index (χ0) is 14.8. The Hall–Kier alpha value is -2.82. The van der Waals surface area contributed by atoms with E-state index in [-0.39, 0.29) is 18.3 Å². The van der Waals surface area contributed by atoms with Crippen molar-refractivity contribution in [2.75, 3.05) is 11.1 Å². The molecule has 3 aromatic rings. The van der Waals surface area contributed by atoms with Gasteiger partial charge in [0.1, 0.15) is 12.4 Å². The van der Waals surface area contributed by atoms with E-state index in [0.29, 0.717) is 22.3 Å². The smallest absolute Gasteiger partial charge is 0.244 e. The minimum atomic E-state index is -0.289. The summed E-state index contributed by atoms with van der Waals surface area (Å²) in [6, 6.07) is 13.4. The molecule has 5 heteroatoms. The van der Waals surface area contributed by atoms with E-state index in [1.165, 1.54) is 6.07 Å². The molecule has 1 heterocycles. The lowest BCUT2D eigenvalue weighted by Crippen LogP contribution is -2.18. The molecule has 0 spiro atoms. The van der Waals surface area contributed by atoms with Crippen LogP contribution < -0.4 is 11.1 Å². The van der Waals surface area contributed by atoms with E-state index < -0.39 is 0 Å². The van der Waals surface area contributed by atoms with Gasteiger partial charge in [0, 0.05) is 23.0 Å². The molecular weight excluding hydrogens is 269 g/mol. The van der Waals surface area contributed by atoms with Crippen LogP contribution in [0.1, 0.15) is 0 Å². The monoisotopic (exact) mass is 283 g/mol. The number of nitrogens with two attached hydrogens (primary N) is 1. The van der Waals surface area contributed by atoms with E-state index in [0.717, 1.165) is 0 Å². The average Bonchev–Trinajstić information content (AvgIpc) is 2.83. The third-order valence-electron chi connectivity index (χ3n) is 3.24. The molecule has 0 fully saturated rings. The topological polar surface area (TPSA) is 60.0 Å². The van der Waals surface area contributed by atoms with Crippen molar-refractivity contribution in [2.45, 2.75) is 6.54 Å². The van der Waals surface area contributed by atoms with Gasteiger partial charge >= 0.3 is 0 Å². The van der Waals surface area contributed by atoms with Crippen LogP contribution in [0, 0.1) is 5.82 Å². The van der Waals surface area contributed by atoms with Crippen LogP contribution in [0.3, 0.4) is 0 Å². The summed E-state index contributed by atoms with van der Waals surface area (Å²) in [5.41, 5.74) is 7.58. The number of amides is 1. The van der Waals surface area contributed by atoms with Crippen LogP contribution >= 0.6 is 0 Å². The standard InChI is InChI=1S/C16H14FN3O/c17-14-5-2-6-15-13(14)7-8-20(15)10-16(21)19-12-4-1-3-11(18)9-12/h1-9H,10,18H2,(H,19,21). The molecule has 0 saturated carbocycles. The van der Waals surface area contributed by atoms with Crippen LogP contribution in [0.15, 0.2) is 54.7 Å². The van der Waals surface area contributed by atoms with Crippen molar-refractivity contribution in [2.24, 2.45) is 0 Å². The van der Waals surface area contributed by atoms with Crippen molar-refractivity contribution >= 4 is 28.2 Å². The van der Waals surface area contributed by atoms with Crippen LogP contribution in [0.4, 0.5) is 15.8 Å². The SMILES string of the molecule is Nc1cccc(NC(=O)Cn2ccc3c(F)cccc32)c1. The number of halogens is 1. The van der Waals surface area contributed by atoms with Crippen LogP contribution in [0.5, 0.6) is 0 Å². The summed E-state index contributed by atoms with van der Waals surface area (Å²) in [5, 5.41) is 3.28. The summed E-state index contributed by atoms with van der Waals surface area (Å²) in [6.07, 6.45) is 1.70. The van der Waals surface area contributed by atoms with E-state index >= 15 is 0 Å². The van der Waals surface area contributed by atoms with Gasteiger partial charge in [-0.2, -0.15) is 0 Å². The van der Waals surface area contributed by atoms with E-state index in [1.807, 2.05) is 0 Å². The summed E-state index contributed by atoms with van der Waals surface area (Å²) in [6.45, 7) is 0.113. The Kier molecular flexibility index (Phi) is 3.31. The van der Waals surface area contributed by atoms with Crippen molar-refractivity contribution in [1.82, 2.24) is 4.57 Å². The van der Waals surface area contributed by atoms with E-state index in [9.17, 15) is 9.18 Å². The number of nitrogens with one attached hydrogen (secondary N) is 1. The number of hydrogen-bond donors (Lipinski definition) is 2. The number of anilines is 2. The maximum atomic E-state index is 13.6. The predicted molar refractivity (Wildman–Crippen MR) is 81.4 cm³/mol. The Morgan fingerprint density at radius 1 is 1.19 bits per heavy atom. The number of fused-ring (bicyclic) bond motifs is 1. The summed E-state index contributed by atoms with van der Waals surface area (Å²) in [5.74, 6) is -0.482. The maximum absolute atomic E-state index is 13.6. The lowest BCUT2D eigenvalue weighted by molar-refractivity contribution is -0.116. The van der Waals surface area contributed by atoms with Gasteiger partial charge in [-0.3, -0.25) is 4.79 Å². The van der Waals surface area contributed by atoms with Crippen molar-refractivity contribution in [3.63, 3.8) is 0 Å². The molecule has 1 aromatic heterocycles. The number of carbonyl (C=O) groups excluding carboxylic acids is 1. The van der Waals surface area contributed by atoms with E-state index in [4.69, 9.17) is 5.73 Å². The van der Waals surface area contributed by atoms with Crippen molar-refractivity contribution in [1.29, 1.82) is 0 Å². The summed E-state index contributed by atoms with van der Waals surface area (Å²) in [4.78, 5) is 12.1. The Balaban J connectivity index is 1.79. The molecule has 4 nitrogen and oxygen atoms in total. The molecule has 3 N–H and O–H groups in total. The molecule has 1 amide bonds. The average molecular weight is 283 g/mol. The number of aromatic nitrogens is 1. The van der Waals surface area contributed by atoms with Gasteiger partial charge in [0.25, 0.3) is 0 Å². The molecule has 106 valence electrons. The highest BCUT2D eigenvalue weighted by atomic mass is 19.1. The minimum absolute atomic E-state index is 0.113. The quantitative estimate of drug-likeness (QED) is 0.726. The molecule has 0 aliphatic carbocycles. The maximum Gasteiger partial charge on any atom is 0.244 e. The number of carbonyl (C=O) groups is 1. The van der Waals surface area contributed by atoms with Crippen molar-refractivity contribution < 1.29 is 9.18 Å². The van der Waals surface area contributed by atoms with Gasteiger partial charge in [0.2, 0.25) is 5.91 Å². The second-order valence-electron chi connectivity index (χ2n) is 4.79. The van der Waals surface area contributed by atoms with Gasteiger partial charge in [0.15, 0.2) is 0 Å². The second-order valence-corrected chi connectivity index (χ2v) is 4.79. The molecular formula is C16H14FN3O. The van der Waals surface area contributed by atoms with Crippen LogP contribution in [0.2, 0.25) is 0 Å². The second kappa shape index (κ2) is 5.28. The molecule has 21 heavy (non-hydrogen) atoms. The summed E-state index contributed by atoms with van der Waals surface area (Å²) in [7, 11) is 0. The van der Waals surface area contributed by atoms with Gasteiger partial charge in [0.05, 0.1) is 5.52 Å². The number of nitrogen functional groups attached to an aromatic ring is 1. The Morgan fingerprint density at radius 2 is 2.00 bits per heavy atom. The number of hydrogen-bond acceptors (Lipinski definition) is 2. The molecule has 2 aromatic carbocycles. The van der Waals surface area contributed by atoms with Gasteiger partial charge in [-0.1, -0.05) is 12.1 Å². The number of benzene rings is 2. The Bertz CT molecular complexity index is 810. The van der Waals surface area contributed by atoms with E-state index in [1.54, 1.807) is 53.2 Å². The lowest BCUT2D eigenvalue weighted by Gasteiger charge is -2.08. The lowest BCUT2D eigenvalue weighted by atomic mass is 10.2. The highest BCUT2D eigenvalue weighted by Gasteiger charge is 2.09. The third-order valence-corrected chi connectivity index (χ3v) is 3.24. The van der Waals surface area contributed by atoms with Crippen molar-refractivity contribution in [3.05, 3.63) is 60.5 Å². The van der Waals surface area contributed by atoms with Crippen molar-refractivity contribution in [3.8, 4) is 0 Å². The molecule has 0 saturated heterocycles. The van der Waals surface area contributed by atoms with Crippen LogP contribution in [-0.2, 0) is 11.3 Å². The predicted octanol–water partition coefficient (Wildman–Crippen LogP) is 3.00. The zero-order valence-corrected chi connectivity index (χ0v) is 11.2. The summed E-state index contributed by atoms with van der Waals surface area (Å²) >= 11 is 0. The fourth-order valence-electron chi connectivity index (χ4n) is 2.30. The van der Waals surface area contributed by atoms with Crippen LogP contribution in [-0.4, -0.2) is 10.5 Å². The molecule has 0 atom stereocenters. The first-order chi connectivity index (χ1) is 10.1. The van der Waals surface area contributed by atoms with Gasteiger partial charge < -0.3 is 15.6 Å². The molecule has 0 aliphatic rings. The fourth-order valence-corrected chi connectivity index (χ4v) is 2.30. The highest BCUT2D eigenvalue weighted by molar-refractivity contribution is 5.92. The molecule has 3 rings (SSSR count). The van der Waals surface area contributed by atoms with Gasteiger partial charge in [-0.05, 0) is 36.4 Å². The number of rotatable bonds is 3. The molecule has 0 radical (unpaired) electrons. The minimum Gasteiger partial charge on any atom is -0.399 e. The van der Waals surface area contributed by atoms with E-state index in [2.05, 4.69) is 5.32 Å². The fraction of sp³-hybridized carbons (Fsp3) is 0.0625. The largest absolute Gasteiger partial charge is 0.399 e. The Labute approximate surface area is 121 Å². The third kappa shape index (κ3) is 2.72. The molecule has 0 aliphatic heterocycles. The van der Waals surface area contributed by atoms with Gasteiger partial charge in [-0.15, -0.1) is 0 Å². The van der Waals surface area contributed by atoms with Crippen LogP contribution in [0.25, 0.3) is 10.9 Å². The Morgan fingerprint density at radius 3 is 2.81 bits per heavy atom. The number of nitrogens with zero attached hydrogens (tertiary/aromatic N) is 1. The highest BCUT2D eigenvalue weighted by Crippen LogP contribution is 2.19. The first-order valence-electron chi connectivity index (χ1n) is 6.52. The molecule has 0 bridgehead atoms. The normalized spacial score (nSPS) is 10.7. The zero-order valence-electron chi connectivity index (χ0n) is 11.2. The first kappa shape index (κ1) is 13.2. The first-order valence-corrected chi connectivity index (χ1v) is 6.52.